The number of benzene rings is 2. The third-order valence-corrected chi connectivity index (χ3v) is 9.08. The van der Waals surface area contributed by atoms with Crippen molar-refractivity contribution in [1.82, 2.24) is 10.6 Å². The van der Waals surface area contributed by atoms with Crippen LogP contribution >= 0.6 is 0 Å². The van der Waals surface area contributed by atoms with Crippen LogP contribution in [0, 0.1) is 18.6 Å². The molecule has 1 saturated heterocycles. The minimum Gasteiger partial charge on any atom is -0.391 e. The van der Waals surface area contributed by atoms with Gasteiger partial charge in [0, 0.05) is 13.0 Å². The van der Waals surface area contributed by atoms with Gasteiger partial charge in [-0.3, -0.25) is 9.59 Å². The van der Waals surface area contributed by atoms with Gasteiger partial charge in [-0.25, -0.2) is 8.78 Å². The second-order valence-corrected chi connectivity index (χ2v) is 13.2. The fourth-order valence-electron chi connectivity index (χ4n) is 5.89. The maximum absolute atomic E-state index is 13.3. The standard InChI is InChI=1S/C37H54F2N2O9/c1-23-13-11-12-15-26(23)20-32(44)40-21-30-34(46)35(47)36(48)37(50-30)49-22-29(33(45)24(2)42)41-31(43)16-10-8-6-4-3-5-7-9-14-25-17-18-27(38)28(39)19-25/h11-13,15,17-19,24,29-30,33-37,42,45-48H,3-10,14,16,20-22H2,1-2H3,(H,40,44)(H,41,43)/t24-,29+,30?,33-,34+,35?,36?,37+/m1/s1. The molecule has 0 aromatic heterocycles. The van der Waals surface area contributed by atoms with Crippen molar-refractivity contribution in [3.05, 3.63) is 70.8 Å². The molecule has 13 heteroatoms. The fraction of sp³-hybridized carbons (Fsp3) is 0.622. The first kappa shape index (κ1) is 41.4. The molecule has 2 aromatic rings. The average Bonchev–Trinajstić information content (AvgIpc) is 3.08. The maximum atomic E-state index is 13.3. The molecule has 3 unspecified atom stereocenters. The zero-order chi connectivity index (χ0) is 36.6. The zero-order valence-electron chi connectivity index (χ0n) is 29.0. The van der Waals surface area contributed by atoms with Crippen LogP contribution in [-0.4, -0.2) is 99.5 Å². The SMILES string of the molecule is Cc1ccccc1CC(=O)NCC1O[C@H](OC[C@H](NC(=O)CCCCCCCCCCc2ccc(F)c(F)c2)[C@H](O)[C@@H](C)O)C(O)C(O)[C@H]1O. The van der Waals surface area contributed by atoms with Crippen LogP contribution in [0.1, 0.15) is 81.4 Å². The van der Waals surface area contributed by atoms with E-state index in [1.165, 1.54) is 13.0 Å². The molecule has 1 aliphatic rings. The molecule has 2 aromatic carbocycles. The van der Waals surface area contributed by atoms with Crippen molar-refractivity contribution < 1.29 is 53.4 Å². The molecule has 1 heterocycles. The molecule has 0 spiro atoms. The minimum absolute atomic E-state index is 0.102. The van der Waals surface area contributed by atoms with Gasteiger partial charge >= 0.3 is 0 Å². The number of hydrogen-bond donors (Lipinski definition) is 7. The summed E-state index contributed by atoms with van der Waals surface area (Å²) < 4.78 is 37.7. The normalized spacial score (nSPS) is 22.5. The highest BCUT2D eigenvalue weighted by Crippen LogP contribution is 2.23. The van der Waals surface area contributed by atoms with Gasteiger partial charge in [0.1, 0.15) is 30.5 Å². The Morgan fingerprint density at radius 2 is 1.52 bits per heavy atom. The van der Waals surface area contributed by atoms with Crippen molar-refractivity contribution >= 4 is 11.8 Å². The summed E-state index contributed by atoms with van der Waals surface area (Å²) in [6.07, 6.45) is -1.72. The molecule has 8 atom stereocenters. The predicted octanol–water partition coefficient (Wildman–Crippen LogP) is 2.74. The first-order valence-corrected chi connectivity index (χ1v) is 17.6. The van der Waals surface area contributed by atoms with E-state index < -0.39 is 60.6 Å². The lowest BCUT2D eigenvalue weighted by Crippen LogP contribution is -2.61. The van der Waals surface area contributed by atoms with Crippen molar-refractivity contribution in [3.63, 3.8) is 0 Å². The van der Waals surface area contributed by atoms with Gasteiger partial charge in [-0.05, 0) is 61.9 Å². The number of rotatable bonds is 21. The molecule has 11 nitrogen and oxygen atoms in total. The topological polar surface area (TPSA) is 178 Å². The Hall–Kier alpha value is -3.04. The molecule has 280 valence electrons. The predicted molar refractivity (Wildman–Crippen MR) is 182 cm³/mol. The van der Waals surface area contributed by atoms with Crippen LogP contribution in [-0.2, 0) is 31.9 Å². The summed E-state index contributed by atoms with van der Waals surface area (Å²) in [5.41, 5.74) is 2.57. The van der Waals surface area contributed by atoms with Gasteiger partial charge in [0.05, 0.1) is 25.2 Å². The lowest BCUT2D eigenvalue weighted by molar-refractivity contribution is -0.297. The summed E-state index contributed by atoms with van der Waals surface area (Å²) in [4.78, 5) is 25.2. The zero-order valence-corrected chi connectivity index (χ0v) is 29.0. The van der Waals surface area contributed by atoms with Gasteiger partial charge < -0.3 is 45.6 Å². The van der Waals surface area contributed by atoms with E-state index in [4.69, 9.17) is 9.47 Å². The van der Waals surface area contributed by atoms with Crippen molar-refractivity contribution in [3.8, 4) is 0 Å². The number of amides is 2. The summed E-state index contributed by atoms with van der Waals surface area (Å²) in [5.74, 6) is -2.34. The molecule has 1 fully saturated rings. The number of hydrogen-bond acceptors (Lipinski definition) is 9. The summed E-state index contributed by atoms with van der Waals surface area (Å²) in [6, 6.07) is 10.3. The molecular formula is C37H54F2N2O9. The van der Waals surface area contributed by atoms with Crippen LogP contribution in [0.4, 0.5) is 8.78 Å². The highest BCUT2D eigenvalue weighted by Gasteiger charge is 2.44. The van der Waals surface area contributed by atoms with Crippen molar-refractivity contribution in [2.24, 2.45) is 0 Å². The summed E-state index contributed by atoms with van der Waals surface area (Å²) in [7, 11) is 0. The Morgan fingerprint density at radius 1 is 0.860 bits per heavy atom. The van der Waals surface area contributed by atoms with Crippen LogP contribution in [0.3, 0.4) is 0 Å². The number of halogens is 2. The van der Waals surface area contributed by atoms with Gasteiger partial charge in [0.15, 0.2) is 17.9 Å². The van der Waals surface area contributed by atoms with Gasteiger partial charge in [-0.2, -0.15) is 0 Å². The molecule has 0 radical (unpaired) electrons. The number of carbonyl (C=O) groups is 2. The van der Waals surface area contributed by atoms with Crippen LogP contribution in [0.15, 0.2) is 42.5 Å². The van der Waals surface area contributed by atoms with E-state index in [-0.39, 0.29) is 37.8 Å². The van der Waals surface area contributed by atoms with E-state index >= 15 is 0 Å². The van der Waals surface area contributed by atoms with Crippen molar-refractivity contribution in [1.29, 1.82) is 0 Å². The number of nitrogens with one attached hydrogen (secondary N) is 2. The monoisotopic (exact) mass is 708 g/mol. The van der Waals surface area contributed by atoms with Crippen molar-refractivity contribution in [2.75, 3.05) is 13.2 Å². The fourth-order valence-corrected chi connectivity index (χ4v) is 5.89. The Morgan fingerprint density at radius 3 is 2.18 bits per heavy atom. The second kappa shape index (κ2) is 21.4. The van der Waals surface area contributed by atoms with E-state index in [9.17, 15) is 43.9 Å². The lowest BCUT2D eigenvalue weighted by Gasteiger charge is -2.41. The van der Waals surface area contributed by atoms with E-state index in [0.717, 1.165) is 67.7 Å². The number of unbranched alkanes of at least 4 members (excludes halogenated alkanes) is 7. The van der Waals surface area contributed by atoms with Gasteiger partial charge in [-0.15, -0.1) is 0 Å². The third-order valence-electron chi connectivity index (χ3n) is 9.08. The molecule has 0 bridgehead atoms. The Kier molecular flexibility index (Phi) is 17.7. The summed E-state index contributed by atoms with van der Waals surface area (Å²) >= 11 is 0. The Labute approximate surface area is 293 Å². The van der Waals surface area contributed by atoms with Crippen LogP contribution < -0.4 is 10.6 Å². The van der Waals surface area contributed by atoms with E-state index in [1.54, 1.807) is 6.07 Å². The minimum atomic E-state index is -1.66. The van der Waals surface area contributed by atoms with Crippen LogP contribution in [0.25, 0.3) is 0 Å². The molecule has 0 aliphatic carbocycles. The Bertz CT molecular complexity index is 1330. The number of aryl methyl sites for hydroxylation is 2. The molecule has 0 saturated carbocycles. The summed E-state index contributed by atoms with van der Waals surface area (Å²) in [5, 5.41) is 57.4. The van der Waals surface area contributed by atoms with E-state index in [2.05, 4.69) is 10.6 Å². The number of carbonyl (C=O) groups excluding carboxylic acids is 2. The van der Waals surface area contributed by atoms with Gasteiger partial charge in [0.2, 0.25) is 11.8 Å². The highest BCUT2D eigenvalue weighted by atomic mass is 19.2. The third kappa shape index (κ3) is 13.6. The molecule has 50 heavy (non-hydrogen) atoms. The number of aliphatic hydroxyl groups is 5. The second-order valence-electron chi connectivity index (χ2n) is 13.2. The lowest BCUT2D eigenvalue weighted by atomic mass is 9.98. The molecule has 2 amide bonds. The van der Waals surface area contributed by atoms with Gasteiger partial charge in [-0.1, -0.05) is 68.9 Å². The van der Waals surface area contributed by atoms with Gasteiger partial charge in [0.25, 0.3) is 0 Å². The number of ether oxygens (including phenoxy) is 2. The van der Waals surface area contributed by atoms with E-state index in [0.29, 0.717) is 12.8 Å². The summed E-state index contributed by atoms with van der Waals surface area (Å²) in [6.45, 7) is 2.68. The molecule has 7 N–H and O–H groups in total. The van der Waals surface area contributed by atoms with Crippen molar-refractivity contribution in [2.45, 2.75) is 133 Å². The number of aliphatic hydroxyl groups excluding tert-OH is 5. The molecule has 1 aliphatic heterocycles. The quantitative estimate of drug-likeness (QED) is 0.0962. The molecular weight excluding hydrogens is 654 g/mol. The van der Waals surface area contributed by atoms with Crippen LogP contribution in [0.5, 0.6) is 0 Å². The highest BCUT2D eigenvalue weighted by molar-refractivity contribution is 5.79. The van der Waals surface area contributed by atoms with Crippen LogP contribution in [0.2, 0.25) is 0 Å². The van der Waals surface area contributed by atoms with E-state index in [1.807, 2.05) is 31.2 Å². The Balaban J connectivity index is 1.36. The average molecular weight is 709 g/mol. The first-order valence-electron chi connectivity index (χ1n) is 17.6. The largest absolute Gasteiger partial charge is 0.391 e. The maximum Gasteiger partial charge on any atom is 0.224 e. The molecule has 3 rings (SSSR count). The first-order chi connectivity index (χ1) is 23.9. The smallest absolute Gasteiger partial charge is 0.224 e.